The lowest BCUT2D eigenvalue weighted by Crippen LogP contribution is -2.16. The van der Waals surface area contributed by atoms with Crippen LogP contribution in [-0.2, 0) is 0 Å². The third-order valence-corrected chi connectivity index (χ3v) is 1.90. The standard InChI is InChI=1S/C9H4ClF3N2O2/c10-8-14-7(15-17-8)5-1-3-6(4-2-5)16-9(11,12)13/h1-4H. The van der Waals surface area contributed by atoms with E-state index in [1.165, 1.54) is 12.1 Å². The molecule has 90 valence electrons. The maximum Gasteiger partial charge on any atom is 0.573 e. The molecule has 0 saturated carbocycles. The first-order valence-corrected chi connectivity index (χ1v) is 4.67. The lowest BCUT2D eigenvalue weighted by atomic mass is 10.2. The molecular formula is C9H4ClF3N2O2. The molecule has 17 heavy (non-hydrogen) atoms. The first-order chi connectivity index (χ1) is 7.94. The first kappa shape index (κ1) is 11.7. The highest BCUT2D eigenvalue weighted by Gasteiger charge is 2.31. The molecule has 4 nitrogen and oxygen atoms in total. The molecule has 0 radical (unpaired) electrons. The minimum Gasteiger partial charge on any atom is -0.406 e. The number of nitrogens with zero attached hydrogens (tertiary/aromatic N) is 2. The van der Waals surface area contributed by atoms with E-state index in [9.17, 15) is 13.2 Å². The van der Waals surface area contributed by atoms with Gasteiger partial charge in [0.1, 0.15) is 5.75 Å². The normalized spacial score (nSPS) is 11.5. The molecule has 0 fully saturated rings. The number of hydrogen-bond donors (Lipinski definition) is 0. The summed E-state index contributed by atoms with van der Waals surface area (Å²) in [4.78, 5) is 3.71. The number of hydrogen-bond acceptors (Lipinski definition) is 4. The van der Waals surface area contributed by atoms with Crippen LogP contribution in [0.4, 0.5) is 13.2 Å². The molecule has 0 aliphatic rings. The van der Waals surface area contributed by atoms with Gasteiger partial charge in [0.2, 0.25) is 5.82 Å². The Kier molecular flexibility index (Phi) is 2.93. The molecule has 2 aromatic rings. The van der Waals surface area contributed by atoms with Gasteiger partial charge in [0.15, 0.2) is 0 Å². The van der Waals surface area contributed by atoms with Gasteiger partial charge < -0.3 is 9.26 Å². The van der Waals surface area contributed by atoms with E-state index in [4.69, 9.17) is 11.6 Å². The van der Waals surface area contributed by atoms with Crippen LogP contribution in [-0.4, -0.2) is 16.5 Å². The molecule has 0 N–H and O–H groups in total. The number of aromatic nitrogens is 2. The number of rotatable bonds is 2. The van der Waals surface area contributed by atoms with Crippen molar-refractivity contribution in [2.45, 2.75) is 6.36 Å². The zero-order chi connectivity index (χ0) is 12.5. The van der Waals surface area contributed by atoms with Crippen molar-refractivity contribution >= 4 is 11.6 Å². The van der Waals surface area contributed by atoms with Crippen molar-refractivity contribution in [1.29, 1.82) is 0 Å². The highest BCUT2D eigenvalue weighted by atomic mass is 35.5. The molecule has 1 aromatic heterocycles. The van der Waals surface area contributed by atoms with Crippen molar-refractivity contribution in [3.63, 3.8) is 0 Å². The van der Waals surface area contributed by atoms with Crippen molar-refractivity contribution in [2.75, 3.05) is 0 Å². The fourth-order valence-electron chi connectivity index (χ4n) is 1.13. The van der Waals surface area contributed by atoms with Crippen LogP contribution in [0.1, 0.15) is 0 Å². The van der Waals surface area contributed by atoms with Gasteiger partial charge in [-0.25, -0.2) is 0 Å². The smallest absolute Gasteiger partial charge is 0.406 e. The van der Waals surface area contributed by atoms with Crippen LogP contribution in [0.2, 0.25) is 5.35 Å². The maximum absolute atomic E-state index is 11.9. The third kappa shape index (κ3) is 3.10. The molecule has 0 aliphatic heterocycles. The van der Waals surface area contributed by atoms with Crippen LogP contribution in [0.25, 0.3) is 11.4 Å². The minimum absolute atomic E-state index is 0.143. The Morgan fingerprint density at radius 3 is 2.29 bits per heavy atom. The number of ether oxygens (including phenoxy) is 1. The molecule has 0 amide bonds. The Balaban J connectivity index is 2.19. The van der Waals surface area contributed by atoms with Gasteiger partial charge in [-0.3, -0.25) is 0 Å². The molecule has 0 atom stereocenters. The average molecular weight is 265 g/mol. The van der Waals surface area contributed by atoms with Crippen molar-refractivity contribution in [1.82, 2.24) is 10.1 Å². The van der Waals surface area contributed by atoms with E-state index in [-0.39, 0.29) is 16.9 Å². The summed E-state index contributed by atoms with van der Waals surface area (Å²) in [6, 6.07) is 5.02. The highest BCUT2D eigenvalue weighted by molar-refractivity contribution is 6.27. The minimum atomic E-state index is -4.71. The lowest BCUT2D eigenvalue weighted by molar-refractivity contribution is -0.274. The van der Waals surface area contributed by atoms with Crippen LogP contribution in [0, 0.1) is 0 Å². The predicted octanol–water partition coefficient (Wildman–Crippen LogP) is 3.29. The topological polar surface area (TPSA) is 48.2 Å². The summed E-state index contributed by atoms with van der Waals surface area (Å²) in [5.41, 5.74) is 0.468. The van der Waals surface area contributed by atoms with Gasteiger partial charge >= 0.3 is 11.7 Å². The van der Waals surface area contributed by atoms with Gasteiger partial charge in [0, 0.05) is 5.56 Å². The number of benzene rings is 1. The summed E-state index contributed by atoms with van der Waals surface area (Å²) < 4.78 is 43.9. The molecule has 0 unspecified atom stereocenters. The lowest BCUT2D eigenvalue weighted by Gasteiger charge is -2.08. The molecular weight excluding hydrogens is 261 g/mol. The fourth-order valence-corrected chi connectivity index (χ4v) is 1.24. The first-order valence-electron chi connectivity index (χ1n) is 4.29. The van der Waals surface area contributed by atoms with Crippen molar-refractivity contribution < 1.29 is 22.4 Å². The summed E-state index contributed by atoms with van der Waals surface area (Å²) in [5, 5.41) is 3.37. The van der Waals surface area contributed by atoms with E-state index in [2.05, 4.69) is 19.4 Å². The predicted molar refractivity (Wildman–Crippen MR) is 51.4 cm³/mol. The third-order valence-electron chi connectivity index (χ3n) is 1.75. The van der Waals surface area contributed by atoms with E-state index in [0.717, 1.165) is 12.1 Å². The fraction of sp³-hybridized carbons (Fsp3) is 0.111. The molecule has 0 aliphatic carbocycles. The van der Waals surface area contributed by atoms with Crippen molar-refractivity contribution in [2.24, 2.45) is 0 Å². The van der Waals surface area contributed by atoms with E-state index >= 15 is 0 Å². The van der Waals surface area contributed by atoms with Gasteiger partial charge in [-0.2, -0.15) is 4.98 Å². The molecule has 0 bridgehead atoms. The van der Waals surface area contributed by atoms with E-state index in [1.54, 1.807) is 0 Å². The monoisotopic (exact) mass is 264 g/mol. The Morgan fingerprint density at radius 1 is 1.18 bits per heavy atom. The van der Waals surface area contributed by atoms with Crippen LogP contribution >= 0.6 is 11.6 Å². The molecule has 1 aromatic carbocycles. The summed E-state index contributed by atoms with van der Waals surface area (Å²) in [5.74, 6) is -0.135. The zero-order valence-electron chi connectivity index (χ0n) is 8.03. The quantitative estimate of drug-likeness (QED) is 0.835. The highest BCUT2D eigenvalue weighted by Crippen LogP contribution is 2.25. The summed E-state index contributed by atoms with van der Waals surface area (Å²) >= 11 is 5.41. The van der Waals surface area contributed by atoms with E-state index in [1.807, 2.05) is 0 Å². The van der Waals surface area contributed by atoms with Crippen molar-refractivity contribution in [3.05, 3.63) is 29.6 Å². The Labute approximate surface area is 98.0 Å². The second-order valence-corrected chi connectivity index (χ2v) is 3.27. The SMILES string of the molecule is FC(F)(F)Oc1ccc(-c2noc(Cl)n2)cc1. The van der Waals surface area contributed by atoms with Gasteiger partial charge in [-0.05, 0) is 35.9 Å². The van der Waals surface area contributed by atoms with Gasteiger partial charge in [-0.1, -0.05) is 5.16 Å². The molecule has 1 heterocycles. The largest absolute Gasteiger partial charge is 0.573 e. The molecule has 0 spiro atoms. The Bertz CT molecular complexity index is 510. The Hall–Kier alpha value is -1.76. The molecule has 8 heteroatoms. The van der Waals surface area contributed by atoms with E-state index in [0.29, 0.717) is 5.56 Å². The van der Waals surface area contributed by atoms with Gasteiger partial charge in [0.25, 0.3) is 0 Å². The zero-order valence-corrected chi connectivity index (χ0v) is 8.79. The van der Waals surface area contributed by atoms with Crippen molar-refractivity contribution in [3.8, 4) is 17.1 Å². The molecule has 2 rings (SSSR count). The van der Waals surface area contributed by atoms with Crippen LogP contribution in [0.3, 0.4) is 0 Å². The van der Waals surface area contributed by atoms with E-state index < -0.39 is 6.36 Å². The van der Waals surface area contributed by atoms with Crippen LogP contribution in [0.15, 0.2) is 28.8 Å². The summed E-state index contributed by atoms with van der Waals surface area (Å²) in [7, 11) is 0. The second kappa shape index (κ2) is 4.25. The second-order valence-electron chi connectivity index (χ2n) is 2.94. The average Bonchev–Trinajstić information content (AvgIpc) is 2.63. The summed E-state index contributed by atoms with van der Waals surface area (Å²) in [6.45, 7) is 0. The number of alkyl halides is 3. The van der Waals surface area contributed by atoms with Gasteiger partial charge in [0.05, 0.1) is 0 Å². The number of halogens is 4. The summed E-state index contributed by atoms with van der Waals surface area (Å²) in [6.07, 6.45) is -4.71. The Morgan fingerprint density at radius 2 is 1.82 bits per heavy atom. The molecule has 0 saturated heterocycles. The van der Waals surface area contributed by atoms with Gasteiger partial charge in [-0.15, -0.1) is 13.2 Å². The van der Waals surface area contributed by atoms with Crippen LogP contribution in [0.5, 0.6) is 5.75 Å². The maximum atomic E-state index is 11.9. The van der Waals surface area contributed by atoms with Crippen LogP contribution < -0.4 is 4.74 Å².